The molecule has 0 spiro atoms. The van der Waals surface area contributed by atoms with Crippen molar-refractivity contribution in [1.82, 2.24) is 5.43 Å². The first-order chi connectivity index (χ1) is 9.77. The predicted octanol–water partition coefficient (Wildman–Crippen LogP) is 2.88. The Kier molecular flexibility index (Phi) is 6.98. The molecule has 3 N–H and O–H groups in total. The summed E-state index contributed by atoms with van der Waals surface area (Å²) in [5.41, 5.74) is 2.86. The summed E-state index contributed by atoms with van der Waals surface area (Å²) in [5.74, 6) is 0.556. The monoisotopic (exact) mass is 376 g/mol. The Morgan fingerprint density at radius 2 is 2.00 bits per heavy atom. The van der Waals surface area contributed by atoms with Crippen molar-refractivity contribution in [3.05, 3.63) is 34.1 Å². The molecule has 1 atom stereocenters. The van der Waals surface area contributed by atoms with Crippen LogP contribution in [0.1, 0.15) is 5.56 Å². The molecule has 1 rings (SSSR count). The van der Waals surface area contributed by atoms with Crippen molar-refractivity contribution in [2.24, 2.45) is 5.84 Å². The number of hydrogen-bond donors (Lipinski definition) is 2. The Bertz CT molecular complexity index is 461. The van der Waals surface area contributed by atoms with Gasteiger partial charge in [0.25, 0.3) is 0 Å². The summed E-state index contributed by atoms with van der Waals surface area (Å²) in [6.07, 6.45) is -3.62. The third-order valence-electron chi connectivity index (χ3n) is 2.67. The van der Waals surface area contributed by atoms with E-state index in [0.29, 0.717) is 5.56 Å². The SMILES string of the molecule is NNC(COCC(F)(F)C(F)F)Cc1cccc(F)c1Br. The average Bonchev–Trinajstić information content (AvgIpc) is 2.42. The van der Waals surface area contributed by atoms with Crippen LogP contribution in [-0.2, 0) is 11.2 Å². The van der Waals surface area contributed by atoms with Crippen LogP contribution in [-0.4, -0.2) is 31.6 Å². The number of nitrogens with one attached hydrogen (secondary N) is 1. The lowest BCUT2D eigenvalue weighted by molar-refractivity contribution is -0.167. The topological polar surface area (TPSA) is 47.3 Å². The normalized spacial score (nSPS) is 13.7. The van der Waals surface area contributed by atoms with Gasteiger partial charge >= 0.3 is 12.3 Å². The molecule has 0 radical (unpaired) electrons. The van der Waals surface area contributed by atoms with E-state index in [9.17, 15) is 22.0 Å². The lowest BCUT2D eigenvalue weighted by Gasteiger charge is -2.20. The van der Waals surface area contributed by atoms with Gasteiger partial charge in [-0.25, -0.2) is 13.2 Å². The zero-order valence-corrected chi connectivity index (χ0v) is 12.3. The summed E-state index contributed by atoms with van der Waals surface area (Å²) in [6.45, 7) is -1.73. The quantitative estimate of drug-likeness (QED) is 0.416. The Morgan fingerprint density at radius 3 is 2.57 bits per heavy atom. The minimum Gasteiger partial charge on any atom is -0.373 e. The molecule has 0 heterocycles. The van der Waals surface area contributed by atoms with E-state index in [4.69, 9.17) is 5.84 Å². The number of hydrazine groups is 1. The maximum atomic E-state index is 13.3. The maximum absolute atomic E-state index is 13.3. The number of hydrogen-bond acceptors (Lipinski definition) is 3. The first-order valence-corrected chi connectivity index (χ1v) is 6.70. The van der Waals surface area contributed by atoms with Gasteiger partial charge in [-0.1, -0.05) is 12.1 Å². The summed E-state index contributed by atoms with van der Waals surface area (Å²) in [5, 5.41) is 0. The highest BCUT2D eigenvalue weighted by molar-refractivity contribution is 9.10. The largest absolute Gasteiger partial charge is 0.373 e. The minimum atomic E-state index is -4.21. The van der Waals surface area contributed by atoms with Gasteiger partial charge in [0, 0.05) is 6.04 Å². The summed E-state index contributed by atoms with van der Waals surface area (Å²) >= 11 is 3.05. The van der Waals surface area contributed by atoms with Crippen LogP contribution in [0.4, 0.5) is 22.0 Å². The van der Waals surface area contributed by atoms with Crippen molar-refractivity contribution >= 4 is 15.9 Å². The van der Waals surface area contributed by atoms with Gasteiger partial charge in [-0.3, -0.25) is 11.3 Å². The lowest BCUT2D eigenvalue weighted by atomic mass is 10.1. The highest BCUT2D eigenvalue weighted by Crippen LogP contribution is 2.24. The summed E-state index contributed by atoms with van der Waals surface area (Å²) in [4.78, 5) is 0. The minimum absolute atomic E-state index is 0.176. The molecular formula is C12H14BrF5N2O. The number of alkyl halides is 4. The zero-order valence-electron chi connectivity index (χ0n) is 10.8. The van der Waals surface area contributed by atoms with Gasteiger partial charge in [0.2, 0.25) is 0 Å². The third kappa shape index (κ3) is 5.50. The number of halogens is 6. The molecule has 21 heavy (non-hydrogen) atoms. The van der Waals surface area contributed by atoms with Crippen molar-refractivity contribution in [2.75, 3.05) is 13.2 Å². The van der Waals surface area contributed by atoms with E-state index in [1.165, 1.54) is 12.1 Å². The van der Waals surface area contributed by atoms with Crippen LogP contribution in [0, 0.1) is 5.82 Å². The van der Waals surface area contributed by atoms with Gasteiger partial charge in [0.05, 0.1) is 11.1 Å². The Labute approximate surface area is 126 Å². The van der Waals surface area contributed by atoms with Crippen LogP contribution >= 0.6 is 15.9 Å². The fourth-order valence-corrected chi connectivity index (χ4v) is 1.96. The molecule has 3 nitrogen and oxygen atoms in total. The van der Waals surface area contributed by atoms with E-state index in [1.807, 2.05) is 0 Å². The highest BCUT2D eigenvalue weighted by Gasteiger charge is 2.41. The van der Waals surface area contributed by atoms with E-state index >= 15 is 0 Å². The molecular weight excluding hydrogens is 363 g/mol. The number of rotatable bonds is 8. The van der Waals surface area contributed by atoms with Gasteiger partial charge in [-0.05, 0) is 34.0 Å². The van der Waals surface area contributed by atoms with Crippen molar-refractivity contribution in [3.63, 3.8) is 0 Å². The fourth-order valence-electron chi connectivity index (χ4n) is 1.54. The van der Waals surface area contributed by atoms with Crippen LogP contribution in [0.2, 0.25) is 0 Å². The standard InChI is InChI=1S/C12H14BrF5N2O/c13-10-7(2-1-3-9(10)14)4-8(20-19)5-21-6-12(17,18)11(15)16/h1-3,8,11,20H,4-6,19H2. The Morgan fingerprint density at radius 1 is 1.33 bits per heavy atom. The van der Waals surface area contributed by atoms with E-state index in [-0.39, 0.29) is 17.5 Å². The van der Waals surface area contributed by atoms with Gasteiger partial charge in [-0.2, -0.15) is 8.78 Å². The second kappa shape index (κ2) is 8.02. The molecule has 0 aliphatic rings. The van der Waals surface area contributed by atoms with Gasteiger partial charge in [0.1, 0.15) is 12.4 Å². The van der Waals surface area contributed by atoms with E-state index in [1.54, 1.807) is 6.07 Å². The van der Waals surface area contributed by atoms with Crippen LogP contribution in [0.15, 0.2) is 22.7 Å². The van der Waals surface area contributed by atoms with Gasteiger partial charge in [-0.15, -0.1) is 0 Å². The molecule has 1 aromatic rings. The molecule has 1 unspecified atom stereocenters. The van der Waals surface area contributed by atoms with Gasteiger partial charge < -0.3 is 4.74 Å². The van der Waals surface area contributed by atoms with Gasteiger partial charge in [0.15, 0.2) is 0 Å². The van der Waals surface area contributed by atoms with Crippen molar-refractivity contribution < 1.29 is 26.7 Å². The highest BCUT2D eigenvalue weighted by atomic mass is 79.9. The molecule has 0 bridgehead atoms. The van der Waals surface area contributed by atoms with E-state index < -0.39 is 30.8 Å². The molecule has 0 aliphatic carbocycles. The number of ether oxygens (including phenoxy) is 1. The summed E-state index contributed by atoms with van der Waals surface area (Å²) < 4.78 is 67.3. The van der Waals surface area contributed by atoms with E-state index in [2.05, 4.69) is 26.1 Å². The van der Waals surface area contributed by atoms with E-state index in [0.717, 1.165) is 0 Å². The first kappa shape index (κ1) is 18.3. The average molecular weight is 377 g/mol. The van der Waals surface area contributed by atoms with Crippen molar-refractivity contribution in [3.8, 4) is 0 Å². The van der Waals surface area contributed by atoms with Crippen molar-refractivity contribution in [1.29, 1.82) is 0 Å². The molecule has 0 saturated carbocycles. The predicted molar refractivity (Wildman–Crippen MR) is 70.7 cm³/mol. The molecule has 0 aromatic heterocycles. The second-order valence-corrected chi connectivity index (χ2v) is 5.15. The van der Waals surface area contributed by atoms with Crippen LogP contribution in [0.25, 0.3) is 0 Å². The smallest absolute Gasteiger partial charge is 0.330 e. The molecule has 0 amide bonds. The summed E-state index contributed by atoms with van der Waals surface area (Å²) in [6, 6.07) is 3.72. The first-order valence-electron chi connectivity index (χ1n) is 5.90. The second-order valence-electron chi connectivity index (χ2n) is 4.36. The Hall–Kier alpha value is -0.770. The third-order valence-corrected chi connectivity index (χ3v) is 3.55. The van der Waals surface area contributed by atoms with Crippen LogP contribution in [0.3, 0.4) is 0 Å². The molecule has 9 heteroatoms. The molecule has 0 fully saturated rings. The molecule has 120 valence electrons. The zero-order chi connectivity index (χ0) is 16.0. The van der Waals surface area contributed by atoms with Crippen molar-refractivity contribution in [2.45, 2.75) is 24.8 Å². The lowest BCUT2D eigenvalue weighted by Crippen LogP contribution is -2.42. The fraction of sp³-hybridized carbons (Fsp3) is 0.500. The van der Waals surface area contributed by atoms with Crippen LogP contribution < -0.4 is 11.3 Å². The summed E-state index contributed by atoms with van der Waals surface area (Å²) in [7, 11) is 0. The van der Waals surface area contributed by atoms with Crippen LogP contribution in [0.5, 0.6) is 0 Å². The number of benzene rings is 1. The molecule has 0 aliphatic heterocycles. The molecule has 1 aromatic carbocycles. The Balaban J connectivity index is 2.55. The maximum Gasteiger partial charge on any atom is 0.330 e. The molecule has 0 saturated heterocycles. The number of nitrogens with two attached hydrogens (primary N) is 1.